The molecule has 12 rings (SSSR count). The first-order chi connectivity index (χ1) is 52.4. The highest BCUT2D eigenvalue weighted by atomic mass is 35.5. The van der Waals surface area contributed by atoms with Crippen molar-refractivity contribution in [3.05, 3.63) is 269 Å². The van der Waals surface area contributed by atoms with Crippen LogP contribution in [0.4, 0.5) is 32.0 Å². The predicted molar refractivity (Wildman–Crippen MR) is 501 cm³/mol. The summed E-state index contributed by atoms with van der Waals surface area (Å²) in [7, 11) is 0. The molecule has 0 spiro atoms. The number of hydrogen-bond donors (Lipinski definition) is 0. The van der Waals surface area contributed by atoms with Crippen LogP contribution in [-0.4, -0.2) is 0 Å². The summed E-state index contributed by atoms with van der Waals surface area (Å²) >= 11 is 29.8. The highest BCUT2D eigenvalue weighted by molar-refractivity contribution is 7.14. The monoisotopic (exact) mass is 1790 g/mol. The Balaban J connectivity index is 0.000000612. The lowest BCUT2D eigenvalue weighted by Crippen LogP contribution is -2.05. The van der Waals surface area contributed by atoms with E-state index in [2.05, 4.69) is 223 Å². The Hall–Kier alpha value is -4.46. The van der Waals surface area contributed by atoms with E-state index in [0.29, 0.717) is 70.7 Å². The largest absolute Gasteiger partial charge is 0.425 e. The quantitative estimate of drug-likeness (QED) is 0.0885. The number of nitriles is 1. The summed E-state index contributed by atoms with van der Waals surface area (Å²) in [4.78, 5) is 5.27. The van der Waals surface area contributed by atoms with Gasteiger partial charge in [-0.1, -0.05) is 189 Å². The minimum absolute atomic E-state index is 0.0370. The molecule has 2 nitrogen and oxygen atoms in total. The average Bonchev–Trinajstić information content (AvgIpc) is 1.68. The zero-order valence-electron chi connectivity index (χ0n) is 70.2. The molecule has 12 aromatic heterocycles. The molecule has 0 amide bonds. The summed E-state index contributed by atoms with van der Waals surface area (Å²) in [5.41, 5.74) is 17.7. The molecule has 0 saturated carbocycles. The molecule has 0 aliphatic carbocycles. The smallest absolute Gasteiger partial charge is 0.237 e. The fraction of sp³-hybridized carbons (Fsp3) is 0.444. The number of halogens is 8. The third kappa shape index (κ3) is 40.1. The second kappa shape index (κ2) is 56.0. The first kappa shape index (κ1) is 106. The number of rotatable bonds is 12. The molecule has 0 unspecified atom stereocenters. The van der Waals surface area contributed by atoms with E-state index >= 15 is 0 Å². The van der Waals surface area contributed by atoms with E-state index in [4.69, 9.17) is 35.0 Å². The van der Waals surface area contributed by atoms with E-state index in [9.17, 15) is 26.3 Å². The van der Waals surface area contributed by atoms with Gasteiger partial charge in [-0.15, -0.1) is 79.4 Å². The maximum absolute atomic E-state index is 12.6. The van der Waals surface area contributed by atoms with Crippen molar-refractivity contribution >= 4 is 165 Å². The third-order valence-corrected chi connectivity index (χ3v) is 27.0. The van der Waals surface area contributed by atoms with Gasteiger partial charge in [0, 0.05) is 26.8 Å². The van der Waals surface area contributed by atoms with Gasteiger partial charge in [0.05, 0.1) is 15.9 Å². The van der Waals surface area contributed by atoms with Crippen molar-refractivity contribution < 1.29 is 26.3 Å². The Bertz CT molecular complexity index is 3950. The van der Waals surface area contributed by atoms with Gasteiger partial charge in [-0.05, 0) is 287 Å². The Kier molecular flexibility index (Phi) is 52.8. The molecule has 0 atom stereocenters. The Labute approximate surface area is 728 Å². The molecule has 616 valence electrons. The highest BCUT2D eigenvalue weighted by Gasteiger charge is 2.35. The van der Waals surface area contributed by atoms with E-state index in [0.717, 1.165) is 48.0 Å². The second-order valence-corrected chi connectivity index (χ2v) is 40.6. The first-order valence-electron chi connectivity index (χ1n) is 37.2. The van der Waals surface area contributed by atoms with E-state index in [1.807, 2.05) is 83.4 Å². The zero-order chi connectivity index (χ0) is 85.3. The average molecular weight is 1800 g/mol. The molecule has 0 saturated heterocycles. The van der Waals surface area contributed by atoms with Crippen molar-refractivity contribution in [1.82, 2.24) is 0 Å². The lowest BCUT2D eigenvalue weighted by Gasteiger charge is -2.09. The summed E-state index contributed by atoms with van der Waals surface area (Å²) in [5, 5.41) is 45.3. The number of thiophene rings is 12. The van der Waals surface area contributed by atoms with E-state index in [-0.39, 0.29) is 22.0 Å². The van der Waals surface area contributed by atoms with Crippen LogP contribution in [0, 0.1) is 54.8 Å². The molecular weight excluding hydrogens is 1680 g/mol. The van der Waals surface area contributed by atoms with Gasteiger partial charge < -0.3 is 0 Å². The second-order valence-electron chi connectivity index (χ2n) is 29.5. The molecule has 0 bridgehead atoms. The number of aryl methyl sites for hydroxylation is 3. The van der Waals surface area contributed by atoms with Crippen molar-refractivity contribution in [1.29, 1.82) is 5.26 Å². The fourth-order valence-electron chi connectivity index (χ4n) is 9.69. The maximum atomic E-state index is 12.6. The number of alkyl halides is 3. The standard InChI is InChI=1S/C8H9F3S.2C8H9NS.3C8H12S.2C7H9ClS.3C7H9FS.C7H10S/c1-5(2)6-3-4-12-7(6)8(9,10)11;1-6(2)7-4-10-5-8(7)9-3;1-6(2)7-3-4-10-8(7)5-9;2*1-6(2)8-5-9-4-7(8)3;1-6(2)8-4-5-9-7(8)3;1-5(2)6-3-9-4-7(6)8;1-5(2)6-3-4-9-7(6)8;1-5(2)6-3-9-4-7(6)8;1-5(2)6-3-7(8)9-4-6;1-5(2)6-3-4-9-7(6)8;1-6(2)7-3-4-8-5-7/h3-5H,1-2H3;4-6H,1-2H3;3-4,6H,1-2H3;3*4-6H,1-3H3;5*3-5H,1-2H3;3-6H,1-2H3. The van der Waals surface area contributed by atoms with Gasteiger partial charge in [0.1, 0.15) is 21.6 Å². The molecule has 0 aliphatic heterocycles. The summed E-state index contributed by atoms with van der Waals surface area (Å²) in [6, 6.07) is 15.6. The SMILES string of the molecule is CC(C)c1ccsc1.CC(C)c1ccsc1C#N.CC(C)c1ccsc1C(F)(F)F.CC(C)c1ccsc1Cl.CC(C)c1ccsc1F.CC(C)c1csc(F)c1.CC(C)c1cscc1Cl.CC(C)c1cscc1F.Cc1cscc1C(C)C.Cc1cscc1C(C)C.Cc1sccc1C(C)C.[C-]#[N+]c1cscc1C(C)C. The van der Waals surface area contributed by atoms with Gasteiger partial charge in [-0.2, -0.15) is 83.9 Å². The van der Waals surface area contributed by atoms with Gasteiger partial charge in [-0.25, -0.2) is 9.24 Å². The van der Waals surface area contributed by atoms with Crippen molar-refractivity contribution in [3.8, 4) is 6.07 Å². The molecule has 112 heavy (non-hydrogen) atoms. The van der Waals surface area contributed by atoms with Gasteiger partial charge in [-0.3, -0.25) is 0 Å². The Morgan fingerprint density at radius 3 is 1.03 bits per heavy atom. The van der Waals surface area contributed by atoms with E-state index in [1.165, 1.54) is 123 Å². The molecule has 0 fully saturated rings. The van der Waals surface area contributed by atoms with Crippen LogP contribution in [-0.2, 0) is 6.18 Å². The molecule has 0 radical (unpaired) electrons. The molecule has 0 N–H and O–H groups in total. The highest BCUT2D eigenvalue weighted by Crippen LogP contribution is 2.39. The maximum Gasteiger partial charge on any atom is 0.425 e. The van der Waals surface area contributed by atoms with Crippen molar-refractivity contribution in [2.75, 3.05) is 0 Å². The Morgan fingerprint density at radius 2 is 0.777 bits per heavy atom. The molecule has 22 heteroatoms. The minimum Gasteiger partial charge on any atom is -0.237 e. The van der Waals surface area contributed by atoms with E-state index < -0.39 is 11.1 Å². The third-order valence-electron chi connectivity index (χ3n) is 16.5. The van der Waals surface area contributed by atoms with Crippen molar-refractivity contribution in [2.45, 2.75) is 264 Å². The van der Waals surface area contributed by atoms with E-state index in [1.54, 1.807) is 93.3 Å². The van der Waals surface area contributed by atoms with Gasteiger partial charge in [0.2, 0.25) is 5.69 Å². The van der Waals surface area contributed by atoms with Crippen LogP contribution in [0.25, 0.3) is 4.85 Å². The number of hydrogen-bond acceptors (Lipinski definition) is 13. The van der Waals surface area contributed by atoms with Crippen molar-refractivity contribution in [2.24, 2.45) is 0 Å². The number of nitrogens with zero attached hydrogens (tertiary/aromatic N) is 2. The van der Waals surface area contributed by atoms with Crippen LogP contribution in [0.2, 0.25) is 9.36 Å². The summed E-state index contributed by atoms with van der Waals surface area (Å²) < 4.78 is 75.2. The topological polar surface area (TPSA) is 28.1 Å². The van der Waals surface area contributed by atoms with Gasteiger partial charge >= 0.3 is 6.18 Å². The van der Waals surface area contributed by atoms with Crippen LogP contribution in [0.1, 0.15) is 330 Å². The van der Waals surface area contributed by atoms with Gasteiger partial charge in [0.15, 0.2) is 10.3 Å². The van der Waals surface area contributed by atoms with Crippen LogP contribution in [0.15, 0.2) is 139 Å². The minimum atomic E-state index is -4.19. The molecule has 12 aromatic rings. The van der Waals surface area contributed by atoms with Crippen LogP contribution < -0.4 is 0 Å². The summed E-state index contributed by atoms with van der Waals surface area (Å²) in [5.74, 6) is 5.80. The Morgan fingerprint density at radius 1 is 0.366 bits per heavy atom. The van der Waals surface area contributed by atoms with Crippen LogP contribution >= 0.6 is 159 Å². The lowest BCUT2D eigenvalue weighted by molar-refractivity contribution is -0.135. The van der Waals surface area contributed by atoms with Crippen LogP contribution in [0.5, 0.6) is 0 Å². The molecular formula is C90H118Cl2F6N2S12. The van der Waals surface area contributed by atoms with Crippen molar-refractivity contribution in [3.63, 3.8) is 0 Å². The molecule has 12 heterocycles. The molecule has 0 aliphatic rings. The zero-order valence-corrected chi connectivity index (χ0v) is 81.5. The first-order valence-corrected chi connectivity index (χ1v) is 48.9. The summed E-state index contributed by atoms with van der Waals surface area (Å²) in [6.45, 7) is 63.8. The molecule has 0 aromatic carbocycles. The van der Waals surface area contributed by atoms with Crippen LogP contribution in [0.3, 0.4) is 0 Å². The lowest BCUT2D eigenvalue weighted by atomic mass is 10.0. The summed E-state index contributed by atoms with van der Waals surface area (Å²) in [6.07, 6.45) is -4.19. The predicted octanol–water partition coefficient (Wildman–Crippen LogP) is 38.5. The van der Waals surface area contributed by atoms with Gasteiger partial charge in [0.25, 0.3) is 0 Å². The fourth-order valence-corrected chi connectivity index (χ4v) is 21.1. The normalized spacial score (nSPS) is 10.7.